The lowest BCUT2D eigenvalue weighted by Gasteiger charge is -2.23. The van der Waals surface area contributed by atoms with Crippen molar-refractivity contribution >= 4 is 12.3 Å². The van der Waals surface area contributed by atoms with E-state index in [0.29, 0.717) is 12.2 Å². The van der Waals surface area contributed by atoms with Crippen LogP contribution in [0.2, 0.25) is 0 Å². The molecule has 0 aromatic heterocycles. The maximum atomic E-state index is 11.8. The summed E-state index contributed by atoms with van der Waals surface area (Å²) in [6.45, 7) is 2.07. The molecule has 6 nitrogen and oxygen atoms in total. The highest BCUT2D eigenvalue weighted by Gasteiger charge is 2.20. The molecule has 0 aliphatic carbocycles. The van der Waals surface area contributed by atoms with E-state index in [1.165, 1.54) is 30.6 Å². The van der Waals surface area contributed by atoms with Gasteiger partial charge in [0, 0.05) is 51.6 Å². The third-order valence-corrected chi connectivity index (χ3v) is 3.60. The van der Waals surface area contributed by atoms with Crippen molar-refractivity contribution in [2.24, 2.45) is 10.7 Å². The van der Waals surface area contributed by atoms with Crippen LogP contribution in [0.1, 0.15) is 32.1 Å². The summed E-state index contributed by atoms with van der Waals surface area (Å²) < 4.78 is 5.38. The number of nitrogens with zero attached hydrogens (tertiary/aromatic N) is 3. The Hall–Kier alpha value is -1.98. The van der Waals surface area contributed by atoms with E-state index < -0.39 is 6.09 Å². The summed E-state index contributed by atoms with van der Waals surface area (Å²) in [5.41, 5.74) is 6.80. The molecule has 0 radical (unpaired) electrons. The van der Waals surface area contributed by atoms with Crippen LogP contribution in [0.15, 0.2) is 28.3 Å². The van der Waals surface area contributed by atoms with Crippen molar-refractivity contribution in [1.29, 1.82) is 0 Å². The highest BCUT2D eigenvalue weighted by atomic mass is 16.6. The molecule has 0 unspecified atom stereocenters. The average Bonchev–Trinajstić information content (AvgIpc) is 2.71. The molecule has 2 heterocycles. The van der Waals surface area contributed by atoms with Crippen LogP contribution >= 0.6 is 0 Å². The minimum atomic E-state index is -0.438. The van der Waals surface area contributed by atoms with Gasteiger partial charge in [0.15, 0.2) is 11.6 Å². The monoisotopic (exact) mass is 292 g/mol. The lowest BCUT2D eigenvalue weighted by atomic mass is 10.1. The standard InChI is InChI=1S/C15H24N4O2/c1-18(2)15(20)21-13-12(7-8-17-14(13)16)11-19-9-5-3-4-6-10-19/h8,11H,3-7,9-10,16H2,1-2H3. The van der Waals surface area contributed by atoms with Gasteiger partial charge in [0.1, 0.15) is 0 Å². The molecule has 6 heteroatoms. The van der Waals surface area contributed by atoms with E-state index in [4.69, 9.17) is 10.5 Å². The maximum Gasteiger partial charge on any atom is 0.414 e. The summed E-state index contributed by atoms with van der Waals surface area (Å²) in [5, 5.41) is 0. The van der Waals surface area contributed by atoms with Gasteiger partial charge in [-0.2, -0.15) is 0 Å². The number of nitrogens with two attached hydrogens (primary N) is 1. The van der Waals surface area contributed by atoms with E-state index in [0.717, 1.165) is 18.7 Å². The molecule has 116 valence electrons. The second-order valence-electron chi connectivity index (χ2n) is 5.60. The summed E-state index contributed by atoms with van der Waals surface area (Å²) in [4.78, 5) is 19.5. The number of hydrogen-bond acceptors (Lipinski definition) is 5. The molecule has 1 saturated heterocycles. The molecule has 21 heavy (non-hydrogen) atoms. The number of rotatable bonds is 2. The van der Waals surface area contributed by atoms with Gasteiger partial charge in [-0.1, -0.05) is 12.8 Å². The van der Waals surface area contributed by atoms with Crippen LogP contribution in [0, 0.1) is 0 Å². The van der Waals surface area contributed by atoms with Gasteiger partial charge in [0.2, 0.25) is 0 Å². The van der Waals surface area contributed by atoms with Gasteiger partial charge >= 0.3 is 6.09 Å². The van der Waals surface area contributed by atoms with Gasteiger partial charge in [0.05, 0.1) is 0 Å². The number of carbonyl (C=O) groups excluding carboxylic acids is 1. The van der Waals surface area contributed by atoms with E-state index in [9.17, 15) is 4.79 Å². The van der Waals surface area contributed by atoms with E-state index >= 15 is 0 Å². The molecule has 2 rings (SSSR count). The fourth-order valence-corrected chi connectivity index (χ4v) is 2.41. The average molecular weight is 292 g/mol. The smallest absolute Gasteiger partial charge is 0.406 e. The van der Waals surface area contributed by atoms with E-state index in [2.05, 4.69) is 16.1 Å². The molecule has 0 atom stereocenters. The van der Waals surface area contributed by atoms with Gasteiger partial charge in [0.25, 0.3) is 0 Å². The molecular formula is C15H24N4O2. The number of ether oxygens (including phenoxy) is 1. The van der Waals surface area contributed by atoms with Crippen molar-refractivity contribution in [3.63, 3.8) is 0 Å². The molecule has 2 aliphatic rings. The number of aliphatic imine (C=N–C) groups is 1. The Morgan fingerprint density at radius 3 is 2.62 bits per heavy atom. The number of amides is 1. The fraction of sp³-hybridized carbons (Fsp3) is 0.600. The molecule has 0 bridgehead atoms. The summed E-state index contributed by atoms with van der Waals surface area (Å²) in [6.07, 6.45) is 8.98. The lowest BCUT2D eigenvalue weighted by molar-refractivity contribution is 0.147. The number of allylic oxidation sites excluding steroid dienone is 1. The Morgan fingerprint density at radius 1 is 1.33 bits per heavy atom. The summed E-state index contributed by atoms with van der Waals surface area (Å²) in [5.74, 6) is 0.651. The van der Waals surface area contributed by atoms with Crippen LogP contribution in [0.4, 0.5) is 4.79 Å². The van der Waals surface area contributed by atoms with Crippen molar-refractivity contribution < 1.29 is 9.53 Å². The van der Waals surface area contributed by atoms with E-state index in [1.54, 1.807) is 20.3 Å². The van der Waals surface area contributed by atoms with Crippen LogP contribution < -0.4 is 5.73 Å². The predicted octanol–water partition coefficient (Wildman–Crippen LogP) is 2.05. The summed E-state index contributed by atoms with van der Waals surface area (Å²) in [7, 11) is 3.28. The summed E-state index contributed by atoms with van der Waals surface area (Å²) >= 11 is 0. The van der Waals surface area contributed by atoms with Gasteiger partial charge in [-0.3, -0.25) is 0 Å². The molecule has 1 fully saturated rings. The van der Waals surface area contributed by atoms with Gasteiger partial charge in [-0.25, -0.2) is 9.79 Å². The normalized spacial score (nSPS) is 21.4. The minimum absolute atomic E-state index is 0.262. The Labute approximate surface area is 125 Å². The number of hydrogen-bond donors (Lipinski definition) is 1. The zero-order valence-corrected chi connectivity index (χ0v) is 12.8. The van der Waals surface area contributed by atoms with Crippen molar-refractivity contribution in [3.05, 3.63) is 23.4 Å². The van der Waals surface area contributed by atoms with E-state index in [1.807, 2.05) is 0 Å². The van der Waals surface area contributed by atoms with Crippen LogP contribution in [-0.2, 0) is 4.74 Å². The Morgan fingerprint density at radius 2 is 2.00 bits per heavy atom. The zero-order chi connectivity index (χ0) is 15.2. The second kappa shape index (κ2) is 7.15. The SMILES string of the molecule is CN(C)C(=O)OC1=C(N)N=CCC1=CN1CCCCCC1. The van der Waals surface area contributed by atoms with Crippen molar-refractivity contribution in [3.8, 4) is 0 Å². The summed E-state index contributed by atoms with van der Waals surface area (Å²) in [6, 6.07) is 0. The minimum Gasteiger partial charge on any atom is -0.406 e. The molecule has 0 aromatic rings. The van der Waals surface area contributed by atoms with Crippen molar-refractivity contribution in [2.75, 3.05) is 27.2 Å². The highest BCUT2D eigenvalue weighted by molar-refractivity contribution is 5.72. The van der Waals surface area contributed by atoms with Crippen LogP contribution in [-0.4, -0.2) is 49.3 Å². The maximum absolute atomic E-state index is 11.8. The molecule has 0 aromatic carbocycles. The van der Waals surface area contributed by atoms with Crippen LogP contribution in [0.3, 0.4) is 0 Å². The first-order valence-electron chi connectivity index (χ1n) is 7.44. The molecular weight excluding hydrogens is 268 g/mol. The second-order valence-corrected chi connectivity index (χ2v) is 5.60. The zero-order valence-electron chi connectivity index (χ0n) is 12.8. The Bertz CT molecular complexity index is 472. The molecule has 2 N–H and O–H groups in total. The molecule has 2 aliphatic heterocycles. The number of carbonyl (C=O) groups is 1. The van der Waals surface area contributed by atoms with Crippen molar-refractivity contribution in [2.45, 2.75) is 32.1 Å². The third-order valence-electron chi connectivity index (χ3n) is 3.60. The van der Waals surface area contributed by atoms with Gasteiger partial charge < -0.3 is 20.3 Å². The van der Waals surface area contributed by atoms with E-state index in [-0.39, 0.29) is 5.82 Å². The van der Waals surface area contributed by atoms with Crippen LogP contribution in [0.5, 0.6) is 0 Å². The highest BCUT2D eigenvalue weighted by Crippen LogP contribution is 2.23. The molecule has 1 amide bonds. The fourth-order valence-electron chi connectivity index (χ4n) is 2.41. The Kier molecular flexibility index (Phi) is 5.25. The first-order valence-corrected chi connectivity index (χ1v) is 7.44. The predicted molar refractivity (Wildman–Crippen MR) is 82.6 cm³/mol. The van der Waals surface area contributed by atoms with Gasteiger partial charge in [-0.15, -0.1) is 0 Å². The largest absolute Gasteiger partial charge is 0.414 e. The lowest BCUT2D eigenvalue weighted by Crippen LogP contribution is -2.26. The van der Waals surface area contributed by atoms with Crippen molar-refractivity contribution in [1.82, 2.24) is 9.80 Å². The van der Waals surface area contributed by atoms with Gasteiger partial charge in [-0.05, 0) is 12.8 Å². The first-order chi connectivity index (χ1) is 10.1. The Balaban J connectivity index is 2.16. The molecule has 0 spiro atoms. The first kappa shape index (κ1) is 15.4. The third kappa shape index (κ3) is 4.24. The quantitative estimate of drug-likeness (QED) is 0.845. The number of likely N-dealkylation sites (tertiary alicyclic amines) is 1. The topological polar surface area (TPSA) is 71.2 Å². The molecule has 0 saturated carbocycles. The van der Waals surface area contributed by atoms with Crippen LogP contribution in [0.25, 0.3) is 0 Å².